The van der Waals surface area contributed by atoms with E-state index in [-0.39, 0.29) is 42.6 Å². The second-order valence-corrected chi connectivity index (χ2v) is 8.30. The average molecular weight is 492 g/mol. The van der Waals surface area contributed by atoms with Crippen molar-refractivity contribution in [3.63, 3.8) is 0 Å². The average Bonchev–Trinajstić information content (AvgIpc) is 3.08. The van der Waals surface area contributed by atoms with Crippen molar-refractivity contribution in [3.8, 4) is 0 Å². The first-order chi connectivity index (χ1) is 13.3. The summed E-state index contributed by atoms with van der Waals surface area (Å²) < 4.78 is 0.429. The monoisotopic (exact) mass is 490 g/mol. The Labute approximate surface area is 211 Å². The van der Waals surface area contributed by atoms with Crippen molar-refractivity contribution in [2.75, 3.05) is 0 Å². The van der Waals surface area contributed by atoms with Crippen molar-refractivity contribution in [2.24, 2.45) is 0 Å². The minimum Gasteiger partial charge on any atom is -1.00 e. The molecule has 0 saturated carbocycles. The Balaban J connectivity index is 0.00000150. The van der Waals surface area contributed by atoms with Gasteiger partial charge < -0.3 is 37.2 Å². The molecule has 0 heterocycles. The molecule has 1 aliphatic carbocycles. The topological polar surface area (TPSA) is 0 Å². The molecule has 0 amide bonds. The van der Waals surface area contributed by atoms with Crippen LogP contribution in [0, 0.1) is 0 Å². The first-order valence-corrected chi connectivity index (χ1v) is 10.8. The maximum absolute atomic E-state index is 2.47. The van der Waals surface area contributed by atoms with E-state index in [0.717, 1.165) is 6.42 Å². The molecular weight excluding hydrogens is 467 g/mol. The molecule has 0 bridgehead atoms. The van der Waals surface area contributed by atoms with Gasteiger partial charge in [-0.1, -0.05) is 0 Å². The summed E-state index contributed by atoms with van der Waals surface area (Å²) in [6, 6.07) is 31.2. The maximum Gasteiger partial charge on any atom is -1.00 e. The summed E-state index contributed by atoms with van der Waals surface area (Å²) in [4.78, 5) is 0. The Morgan fingerprint density at radius 2 is 1.23 bits per heavy atom. The minimum atomic E-state index is -0.0725. The normalized spacial score (nSPS) is 14.5. The molecule has 0 radical (unpaired) electrons. The van der Waals surface area contributed by atoms with Crippen molar-refractivity contribution >= 4 is 6.08 Å². The van der Waals surface area contributed by atoms with E-state index in [1.807, 2.05) is 0 Å². The van der Waals surface area contributed by atoms with Gasteiger partial charge in [0.05, 0.1) is 0 Å². The molecule has 0 N–H and O–H groups in total. The number of rotatable bonds is 6. The first kappa shape index (κ1) is 27.0. The van der Waals surface area contributed by atoms with Gasteiger partial charge in [-0.25, -0.2) is 0 Å². The van der Waals surface area contributed by atoms with Gasteiger partial charge >= 0.3 is 175 Å². The summed E-state index contributed by atoms with van der Waals surface area (Å²) in [5.41, 5.74) is 7.13. The first-order valence-electron chi connectivity index (χ1n) is 9.90. The summed E-state index contributed by atoms with van der Waals surface area (Å²) in [6.07, 6.45) is 6.03. The fourth-order valence-electron chi connectivity index (χ4n) is 4.51. The van der Waals surface area contributed by atoms with E-state index >= 15 is 0 Å². The van der Waals surface area contributed by atoms with Crippen LogP contribution >= 0.6 is 0 Å². The number of hydrogen-bond acceptors (Lipinski definition) is 0. The standard InChI is InChI=1S/C26H25.3ClH.Ti/c1-2-3-18-26(23-14-6-4-7-15-23,24-16-8-5-9-17-24)25-19-21-12-10-11-13-22(21)20-25;;;;/h4-17,19-20H,2-3,18H2,1H3;3*1H;/q;;;;+3/p-3. The number of unbranched alkanes of at least 4 members (excludes halogenated alkanes) is 1. The Kier molecular flexibility index (Phi) is 10.9. The van der Waals surface area contributed by atoms with Gasteiger partial charge in [0, 0.05) is 0 Å². The zero-order valence-electron chi connectivity index (χ0n) is 17.0. The van der Waals surface area contributed by atoms with Crippen molar-refractivity contribution in [1.82, 2.24) is 0 Å². The van der Waals surface area contributed by atoms with Crippen LogP contribution in [0.25, 0.3) is 6.08 Å². The second-order valence-electron chi connectivity index (χ2n) is 7.40. The molecule has 1 aliphatic rings. The van der Waals surface area contributed by atoms with E-state index in [0.29, 0.717) is 4.22 Å². The van der Waals surface area contributed by atoms with Crippen molar-refractivity contribution in [3.05, 3.63) is 113 Å². The van der Waals surface area contributed by atoms with Crippen molar-refractivity contribution < 1.29 is 57.7 Å². The van der Waals surface area contributed by atoms with Crippen LogP contribution in [0.1, 0.15) is 52.7 Å². The van der Waals surface area contributed by atoms with Crippen LogP contribution in [-0.4, -0.2) is 0 Å². The number of benzene rings is 3. The zero-order valence-corrected chi connectivity index (χ0v) is 20.8. The number of halogens is 3. The molecular formula is C26H25Cl3Ti. The molecule has 0 fully saturated rings. The van der Waals surface area contributed by atoms with Gasteiger partial charge in [0.1, 0.15) is 0 Å². The third kappa shape index (κ3) is 4.90. The Bertz CT molecular complexity index is 899. The molecule has 4 rings (SSSR count). The van der Waals surface area contributed by atoms with Gasteiger partial charge in [0.15, 0.2) is 0 Å². The Morgan fingerprint density at radius 1 is 0.733 bits per heavy atom. The molecule has 3 aromatic rings. The smallest absolute Gasteiger partial charge is 1.00 e. The van der Waals surface area contributed by atoms with Crippen LogP contribution in [0.5, 0.6) is 0 Å². The Morgan fingerprint density at radius 3 is 1.73 bits per heavy atom. The predicted octanol–water partition coefficient (Wildman–Crippen LogP) is -2.14. The van der Waals surface area contributed by atoms with E-state index in [2.05, 4.69) is 118 Å². The molecule has 0 spiro atoms. The predicted molar refractivity (Wildman–Crippen MR) is 110 cm³/mol. The molecule has 4 heteroatoms. The minimum absolute atomic E-state index is 0. The molecule has 0 nitrogen and oxygen atoms in total. The van der Waals surface area contributed by atoms with Crippen LogP contribution in [0.3, 0.4) is 0 Å². The SMILES string of the molecule is CCCCC(C1=Cc2ccccc2[CH]1[Ti+3])(c1ccccc1)c1ccccc1.[Cl-].[Cl-].[Cl-]. The molecule has 1 unspecified atom stereocenters. The van der Waals surface area contributed by atoms with E-state index in [1.165, 1.54) is 40.7 Å². The molecule has 30 heavy (non-hydrogen) atoms. The fourth-order valence-corrected chi connectivity index (χ4v) is 5.44. The number of hydrogen-bond donors (Lipinski definition) is 0. The third-order valence-corrected chi connectivity index (χ3v) is 6.83. The molecule has 3 aromatic carbocycles. The van der Waals surface area contributed by atoms with Crippen LogP contribution in [0.4, 0.5) is 0 Å². The van der Waals surface area contributed by atoms with Crippen LogP contribution in [0.2, 0.25) is 0 Å². The number of allylic oxidation sites excluding steroid dienone is 1. The van der Waals surface area contributed by atoms with Gasteiger partial charge in [0.25, 0.3) is 0 Å². The maximum atomic E-state index is 2.47. The molecule has 0 aliphatic heterocycles. The number of fused-ring (bicyclic) bond motifs is 1. The summed E-state index contributed by atoms with van der Waals surface area (Å²) in [5, 5.41) is 0. The van der Waals surface area contributed by atoms with Crippen LogP contribution in [-0.2, 0) is 25.9 Å². The Hall–Kier alpha value is -1.02. The molecule has 0 aromatic heterocycles. The molecule has 0 saturated heterocycles. The van der Waals surface area contributed by atoms with Gasteiger partial charge in [-0.2, -0.15) is 0 Å². The summed E-state index contributed by atoms with van der Waals surface area (Å²) in [6.45, 7) is 2.29. The van der Waals surface area contributed by atoms with E-state index in [1.54, 1.807) is 0 Å². The van der Waals surface area contributed by atoms with Gasteiger partial charge in [-0.15, -0.1) is 0 Å². The van der Waals surface area contributed by atoms with Crippen LogP contribution < -0.4 is 37.2 Å². The summed E-state index contributed by atoms with van der Waals surface area (Å²) in [5.74, 6) is 0. The zero-order chi connectivity index (χ0) is 18.7. The van der Waals surface area contributed by atoms with Crippen LogP contribution in [0.15, 0.2) is 90.5 Å². The quantitative estimate of drug-likeness (QED) is 0.346. The van der Waals surface area contributed by atoms with E-state index in [9.17, 15) is 0 Å². The molecule has 1 atom stereocenters. The summed E-state index contributed by atoms with van der Waals surface area (Å²) >= 11 is 2.38. The fraction of sp³-hybridized carbons (Fsp3) is 0.231. The van der Waals surface area contributed by atoms with Gasteiger partial charge in [-0.3, -0.25) is 0 Å². The molecule has 154 valence electrons. The van der Waals surface area contributed by atoms with E-state index < -0.39 is 0 Å². The summed E-state index contributed by atoms with van der Waals surface area (Å²) in [7, 11) is 0. The van der Waals surface area contributed by atoms with Crippen molar-refractivity contribution in [2.45, 2.75) is 35.8 Å². The third-order valence-electron chi connectivity index (χ3n) is 5.86. The second kappa shape index (κ2) is 12.1. The van der Waals surface area contributed by atoms with E-state index in [4.69, 9.17) is 0 Å². The van der Waals surface area contributed by atoms with Gasteiger partial charge in [0.2, 0.25) is 0 Å². The van der Waals surface area contributed by atoms with Crippen molar-refractivity contribution in [1.29, 1.82) is 0 Å². The largest absolute Gasteiger partial charge is 1.00 e. The van der Waals surface area contributed by atoms with Gasteiger partial charge in [-0.05, 0) is 0 Å².